The van der Waals surface area contributed by atoms with Crippen LogP contribution in [0, 0.1) is 6.92 Å². The van der Waals surface area contributed by atoms with Gasteiger partial charge in [-0.15, -0.1) is 0 Å². The molecule has 18 heavy (non-hydrogen) atoms. The van der Waals surface area contributed by atoms with Crippen molar-refractivity contribution in [3.63, 3.8) is 0 Å². The van der Waals surface area contributed by atoms with E-state index in [2.05, 4.69) is 37.4 Å². The molecule has 2 rings (SSSR count). The molecule has 1 fully saturated rings. The lowest BCUT2D eigenvalue weighted by atomic mass is 10.1. The van der Waals surface area contributed by atoms with E-state index in [-0.39, 0.29) is 6.10 Å². The monoisotopic (exact) mass is 311 g/mol. The van der Waals surface area contributed by atoms with Crippen molar-refractivity contribution < 1.29 is 4.74 Å². The summed E-state index contributed by atoms with van der Waals surface area (Å²) in [5.41, 5.74) is 0.889. The molecule has 98 valence electrons. The highest BCUT2D eigenvalue weighted by Crippen LogP contribution is 2.18. The minimum atomic E-state index is 0.251. The highest BCUT2D eigenvalue weighted by atomic mass is 79.9. The van der Waals surface area contributed by atoms with Crippen molar-refractivity contribution in [3.05, 3.63) is 29.1 Å². The first-order chi connectivity index (χ1) is 8.63. The number of hydrogen-bond donors (Lipinski definition) is 0. The molecule has 1 aromatic heterocycles. The fourth-order valence-corrected chi connectivity index (χ4v) is 2.45. The van der Waals surface area contributed by atoms with Gasteiger partial charge in [-0.25, -0.2) is 4.98 Å². The maximum absolute atomic E-state index is 5.86. The second kappa shape index (κ2) is 6.29. The number of hydrogen-bond acceptors (Lipinski definition) is 4. The molecule has 1 aliphatic heterocycles. The molecular weight excluding hydrogens is 294 g/mol. The lowest BCUT2D eigenvalue weighted by molar-refractivity contribution is 0.102. The van der Waals surface area contributed by atoms with Crippen molar-refractivity contribution >= 4 is 15.9 Å². The average molecular weight is 312 g/mol. The van der Waals surface area contributed by atoms with Crippen LogP contribution in [0.3, 0.4) is 0 Å². The summed E-state index contributed by atoms with van der Waals surface area (Å²) >= 11 is 3.40. The van der Waals surface area contributed by atoms with Gasteiger partial charge in [0.2, 0.25) is 5.88 Å². The Kier molecular flexibility index (Phi) is 4.72. The highest BCUT2D eigenvalue weighted by Gasteiger charge is 2.20. The minimum Gasteiger partial charge on any atom is -0.473 e. The quantitative estimate of drug-likeness (QED) is 0.856. The Labute approximate surface area is 116 Å². The van der Waals surface area contributed by atoms with Gasteiger partial charge in [0.15, 0.2) is 0 Å². The van der Waals surface area contributed by atoms with Gasteiger partial charge < -0.3 is 4.74 Å². The highest BCUT2D eigenvalue weighted by molar-refractivity contribution is 9.11. The third kappa shape index (κ3) is 4.07. The Morgan fingerprint density at radius 2 is 2.22 bits per heavy atom. The van der Waals surface area contributed by atoms with E-state index in [1.165, 1.54) is 0 Å². The van der Waals surface area contributed by atoms with E-state index >= 15 is 0 Å². The fourth-order valence-electron chi connectivity index (χ4n) is 2.10. The molecule has 0 saturated carbocycles. The second-order valence-corrected chi connectivity index (χ2v) is 5.73. The maximum atomic E-state index is 5.86. The molecule has 0 N–H and O–H groups in total. The summed E-state index contributed by atoms with van der Waals surface area (Å²) in [4.78, 5) is 10.8. The topological polar surface area (TPSA) is 38.2 Å². The van der Waals surface area contributed by atoms with Crippen LogP contribution in [0.2, 0.25) is 0 Å². The van der Waals surface area contributed by atoms with Gasteiger partial charge in [-0.3, -0.25) is 9.88 Å². The first kappa shape index (κ1) is 13.5. The van der Waals surface area contributed by atoms with Gasteiger partial charge in [0.05, 0.1) is 11.9 Å². The number of rotatable bonds is 4. The third-order valence-corrected chi connectivity index (χ3v) is 3.20. The molecule has 0 spiro atoms. The van der Waals surface area contributed by atoms with Crippen LogP contribution < -0.4 is 4.74 Å². The zero-order valence-electron chi connectivity index (χ0n) is 10.6. The van der Waals surface area contributed by atoms with E-state index in [1.807, 2.05) is 6.92 Å². The van der Waals surface area contributed by atoms with Gasteiger partial charge in [-0.1, -0.05) is 22.5 Å². The number of likely N-dealkylation sites (tertiary alicyclic amines) is 1. The smallest absolute Gasteiger partial charge is 0.232 e. The van der Waals surface area contributed by atoms with E-state index in [0.29, 0.717) is 5.88 Å². The molecule has 0 bridgehead atoms. The molecule has 1 aromatic rings. The van der Waals surface area contributed by atoms with Crippen LogP contribution >= 0.6 is 15.9 Å². The predicted octanol–water partition coefficient (Wildman–Crippen LogP) is 2.54. The molecule has 1 saturated heterocycles. The van der Waals surface area contributed by atoms with Crippen LogP contribution in [-0.4, -0.2) is 40.6 Å². The van der Waals surface area contributed by atoms with E-state index in [1.54, 1.807) is 12.4 Å². The van der Waals surface area contributed by atoms with E-state index in [9.17, 15) is 0 Å². The molecule has 0 aliphatic carbocycles. The molecule has 0 amide bonds. The summed E-state index contributed by atoms with van der Waals surface area (Å²) in [5, 5.41) is 0. The SMILES string of the molecule is C=C(Br)CN1CCC(Oc2cncc(C)n2)CC1. The molecule has 4 nitrogen and oxygen atoms in total. The third-order valence-electron chi connectivity index (χ3n) is 2.95. The number of aromatic nitrogens is 2. The van der Waals surface area contributed by atoms with Crippen molar-refractivity contribution in [1.82, 2.24) is 14.9 Å². The minimum absolute atomic E-state index is 0.251. The van der Waals surface area contributed by atoms with Gasteiger partial charge in [0.25, 0.3) is 0 Å². The van der Waals surface area contributed by atoms with Crippen molar-refractivity contribution in [3.8, 4) is 5.88 Å². The van der Waals surface area contributed by atoms with Gasteiger partial charge in [-0.2, -0.15) is 0 Å². The average Bonchev–Trinajstić information content (AvgIpc) is 2.31. The normalized spacial score (nSPS) is 17.7. The zero-order valence-corrected chi connectivity index (χ0v) is 12.2. The molecule has 1 aliphatic rings. The molecule has 0 aromatic carbocycles. The van der Waals surface area contributed by atoms with Crippen LogP contribution in [0.15, 0.2) is 23.5 Å². The maximum Gasteiger partial charge on any atom is 0.232 e. The first-order valence-corrected chi connectivity index (χ1v) is 6.94. The van der Waals surface area contributed by atoms with Crippen LogP contribution in [0.1, 0.15) is 18.5 Å². The summed E-state index contributed by atoms with van der Waals surface area (Å²) in [6.07, 6.45) is 5.71. The summed E-state index contributed by atoms with van der Waals surface area (Å²) in [6.45, 7) is 8.78. The van der Waals surface area contributed by atoms with Crippen LogP contribution in [0.25, 0.3) is 0 Å². The molecule has 0 radical (unpaired) electrons. The van der Waals surface area contributed by atoms with Gasteiger partial charge in [-0.05, 0) is 19.8 Å². The summed E-state index contributed by atoms with van der Waals surface area (Å²) in [6, 6.07) is 0. The van der Waals surface area contributed by atoms with Crippen molar-refractivity contribution in [1.29, 1.82) is 0 Å². The molecular formula is C13H18BrN3O. The standard InChI is InChI=1S/C13H18BrN3O/c1-10(14)9-17-5-3-12(4-6-17)18-13-8-15-7-11(2)16-13/h7-8,12H,1,3-6,9H2,2H3. The van der Waals surface area contributed by atoms with Gasteiger partial charge >= 0.3 is 0 Å². The van der Waals surface area contributed by atoms with Crippen LogP contribution in [0.5, 0.6) is 5.88 Å². The van der Waals surface area contributed by atoms with Crippen LogP contribution in [-0.2, 0) is 0 Å². The summed E-state index contributed by atoms with van der Waals surface area (Å²) in [5.74, 6) is 0.637. The van der Waals surface area contributed by atoms with Crippen molar-refractivity contribution in [2.24, 2.45) is 0 Å². The molecule has 0 unspecified atom stereocenters. The fraction of sp³-hybridized carbons (Fsp3) is 0.538. The van der Waals surface area contributed by atoms with E-state index in [4.69, 9.17) is 4.74 Å². The number of nitrogens with zero attached hydrogens (tertiary/aromatic N) is 3. The van der Waals surface area contributed by atoms with Crippen molar-refractivity contribution in [2.75, 3.05) is 19.6 Å². The van der Waals surface area contributed by atoms with Gasteiger partial charge in [0, 0.05) is 30.3 Å². The number of ether oxygens (including phenoxy) is 1. The number of piperidine rings is 1. The Bertz CT molecular complexity index is 416. The Morgan fingerprint density at radius 3 is 2.83 bits per heavy atom. The number of halogens is 1. The first-order valence-electron chi connectivity index (χ1n) is 6.14. The molecule has 5 heteroatoms. The largest absolute Gasteiger partial charge is 0.473 e. The van der Waals surface area contributed by atoms with Crippen molar-refractivity contribution in [2.45, 2.75) is 25.9 Å². The summed E-state index contributed by atoms with van der Waals surface area (Å²) < 4.78 is 6.89. The van der Waals surface area contributed by atoms with E-state index in [0.717, 1.165) is 42.7 Å². The Morgan fingerprint density at radius 1 is 1.50 bits per heavy atom. The Balaban J connectivity index is 1.81. The second-order valence-electron chi connectivity index (χ2n) is 4.61. The lowest BCUT2D eigenvalue weighted by Gasteiger charge is -2.31. The lowest BCUT2D eigenvalue weighted by Crippen LogP contribution is -2.38. The molecule has 2 heterocycles. The number of aryl methyl sites for hydroxylation is 1. The summed E-state index contributed by atoms with van der Waals surface area (Å²) in [7, 11) is 0. The van der Waals surface area contributed by atoms with Gasteiger partial charge in [0.1, 0.15) is 6.10 Å². The zero-order chi connectivity index (χ0) is 13.0. The molecule has 0 atom stereocenters. The van der Waals surface area contributed by atoms with Crippen LogP contribution in [0.4, 0.5) is 0 Å². The Hall–Kier alpha value is -0.940. The van der Waals surface area contributed by atoms with E-state index < -0.39 is 0 Å². The predicted molar refractivity (Wildman–Crippen MR) is 74.9 cm³/mol.